The largest absolute Gasteiger partial charge is 0.748 e. The quantitative estimate of drug-likeness (QED) is 0.137. The normalized spacial score (nSPS) is 15.4. The lowest BCUT2D eigenvalue weighted by Crippen LogP contribution is -2.56. The van der Waals surface area contributed by atoms with Crippen molar-refractivity contribution >= 4 is 31.6 Å². The summed E-state index contributed by atoms with van der Waals surface area (Å²) in [4.78, 5) is 9.53. The maximum absolute atomic E-state index is 12.1. The Balaban J connectivity index is 1.60. The minimum atomic E-state index is -4.84. The van der Waals surface area contributed by atoms with Gasteiger partial charge in [-0.25, -0.2) is 8.42 Å². The fourth-order valence-corrected chi connectivity index (χ4v) is 9.36. The lowest BCUT2D eigenvalue weighted by atomic mass is 9.80. The first-order chi connectivity index (χ1) is 24.6. The average molecular weight is 760 g/mol. The van der Waals surface area contributed by atoms with E-state index in [4.69, 9.17) is 38.4 Å². The highest BCUT2D eigenvalue weighted by Gasteiger charge is 2.48. The van der Waals surface area contributed by atoms with E-state index in [0.29, 0.717) is 68.4 Å². The van der Waals surface area contributed by atoms with E-state index in [1.165, 1.54) is 42.7 Å². The summed E-state index contributed by atoms with van der Waals surface area (Å²) in [6, 6.07) is 14.5. The van der Waals surface area contributed by atoms with Crippen molar-refractivity contribution in [3.8, 4) is 57.0 Å². The molecule has 0 bridgehead atoms. The third kappa shape index (κ3) is 8.03. The van der Waals surface area contributed by atoms with Crippen molar-refractivity contribution in [1.82, 2.24) is 14.5 Å². The van der Waals surface area contributed by atoms with Crippen LogP contribution in [0.1, 0.15) is 12.8 Å². The number of piperidine rings is 1. The molecule has 52 heavy (non-hydrogen) atoms. The highest BCUT2D eigenvalue weighted by molar-refractivity contribution is 7.86. The lowest BCUT2D eigenvalue weighted by Gasteiger charge is -2.47. The molecule has 4 aromatic rings. The van der Waals surface area contributed by atoms with Crippen LogP contribution < -0.4 is 32.9 Å². The number of benzene rings is 2. The van der Waals surface area contributed by atoms with Crippen LogP contribution in [-0.2, 0) is 20.2 Å². The van der Waals surface area contributed by atoms with Crippen molar-refractivity contribution in [2.75, 3.05) is 67.3 Å². The van der Waals surface area contributed by atoms with Gasteiger partial charge in [0, 0.05) is 47.3 Å². The number of hydrogen-bond donors (Lipinski definition) is 1. The smallest absolute Gasteiger partial charge is 0.265 e. The minimum Gasteiger partial charge on any atom is -0.748 e. The first kappa shape index (κ1) is 38.5. The maximum atomic E-state index is 12.1. The van der Waals surface area contributed by atoms with E-state index >= 15 is 0 Å². The van der Waals surface area contributed by atoms with Gasteiger partial charge in [-0.2, -0.15) is 8.42 Å². The van der Waals surface area contributed by atoms with E-state index in [1.807, 2.05) is 24.3 Å². The molecule has 0 amide bonds. The van der Waals surface area contributed by atoms with E-state index in [1.54, 1.807) is 36.7 Å². The zero-order valence-electron chi connectivity index (χ0n) is 29.6. The second kappa shape index (κ2) is 15.1. The Kier molecular flexibility index (Phi) is 11.2. The van der Waals surface area contributed by atoms with Crippen LogP contribution in [-0.4, -0.2) is 103 Å². The fourth-order valence-electron chi connectivity index (χ4n) is 6.93. The minimum absolute atomic E-state index is 0.0164. The molecule has 1 fully saturated rings. The highest BCUT2D eigenvalue weighted by Crippen LogP contribution is 2.47. The van der Waals surface area contributed by atoms with Gasteiger partial charge in [-0.05, 0) is 36.4 Å². The van der Waals surface area contributed by atoms with E-state index in [9.17, 15) is 25.9 Å². The molecule has 0 unspecified atom stereocenters. The number of hydrogen-bond acceptors (Lipinski definition) is 13. The van der Waals surface area contributed by atoms with Crippen LogP contribution in [0.5, 0.6) is 34.5 Å². The number of quaternary nitrogens is 1. The van der Waals surface area contributed by atoms with Gasteiger partial charge in [-0.3, -0.25) is 19.0 Å². The summed E-state index contributed by atoms with van der Waals surface area (Å²) in [7, 11) is -0.373. The SMILES string of the molecule is COc1cc(-c2ccc([N+]3(c4ccc(-c5cc(OC)c(OC)c(OC)c5)nc4)CCC(CS(=O)(=O)[O-])(CS(=O)(=O)O)CC3)cn2)cc(OC)c1OC. The Morgan fingerprint density at radius 1 is 0.654 bits per heavy atom. The number of nitrogens with zero attached hydrogens (tertiary/aromatic N) is 3. The Labute approximate surface area is 303 Å². The summed E-state index contributed by atoms with van der Waals surface area (Å²) in [5.74, 6) is 0.855. The zero-order chi connectivity index (χ0) is 37.9. The van der Waals surface area contributed by atoms with Crippen molar-refractivity contribution in [1.29, 1.82) is 0 Å². The van der Waals surface area contributed by atoms with Crippen LogP contribution in [0.2, 0.25) is 0 Å². The molecular weight excluding hydrogens is 719 g/mol. The van der Waals surface area contributed by atoms with Gasteiger partial charge in [0.1, 0.15) is 0 Å². The Hall–Kier alpha value is -4.68. The maximum Gasteiger partial charge on any atom is 0.265 e. The second-order valence-corrected chi connectivity index (χ2v) is 15.3. The average Bonchev–Trinajstić information content (AvgIpc) is 3.12. The molecule has 1 saturated heterocycles. The summed E-state index contributed by atoms with van der Waals surface area (Å²) >= 11 is 0. The molecule has 280 valence electrons. The second-order valence-electron chi connectivity index (χ2n) is 12.5. The van der Waals surface area contributed by atoms with E-state index in [0.717, 1.165) is 0 Å². The van der Waals surface area contributed by atoms with Gasteiger partial charge in [-0.15, -0.1) is 0 Å². The van der Waals surface area contributed by atoms with Crippen LogP contribution in [0.4, 0.5) is 11.4 Å². The van der Waals surface area contributed by atoms with Gasteiger partial charge in [-0.1, -0.05) is 0 Å². The summed E-state index contributed by atoms with van der Waals surface area (Å²) in [6.07, 6.45) is 3.34. The molecule has 2 aromatic heterocycles. The molecule has 0 spiro atoms. The molecular formula is C35H41N3O12S2. The monoisotopic (exact) mass is 759 g/mol. The molecule has 0 atom stereocenters. The molecule has 17 heteroatoms. The summed E-state index contributed by atoms with van der Waals surface area (Å²) in [5, 5.41) is 0. The Morgan fingerprint density at radius 2 is 1.04 bits per heavy atom. The van der Waals surface area contributed by atoms with Gasteiger partial charge in [0.2, 0.25) is 11.5 Å². The van der Waals surface area contributed by atoms with Gasteiger partial charge >= 0.3 is 0 Å². The standard InChI is InChI=1S/C35H41N3O12S2/c1-45-29-15-23(16-30(46-2)33(29)49-5)27-9-7-25(19-36-27)38(13-11-35(12-14-38,21-51(39,40)41)22-52(42,43)44)26-8-10-28(37-20-26)24-17-31(47-3)34(50-6)32(18-24)48-4/h7-10,15-20H,11-14,21-22H2,1-6H3,(H-,39,40,41,42,43,44). The van der Waals surface area contributed by atoms with Crippen LogP contribution in [0.3, 0.4) is 0 Å². The Morgan fingerprint density at radius 3 is 1.31 bits per heavy atom. The summed E-state index contributed by atoms with van der Waals surface area (Å²) in [6.45, 7) is 0.336. The number of methoxy groups -OCH3 is 6. The molecule has 0 radical (unpaired) electrons. The molecule has 15 nitrogen and oxygen atoms in total. The predicted octanol–water partition coefficient (Wildman–Crippen LogP) is 4.71. The fraction of sp³-hybridized carbons (Fsp3) is 0.371. The lowest BCUT2D eigenvalue weighted by molar-refractivity contribution is 0.178. The Bertz CT molecular complexity index is 1920. The van der Waals surface area contributed by atoms with Crippen molar-refractivity contribution in [3.63, 3.8) is 0 Å². The molecule has 2 aromatic carbocycles. The van der Waals surface area contributed by atoms with E-state index < -0.39 is 37.2 Å². The van der Waals surface area contributed by atoms with Crippen LogP contribution in [0.25, 0.3) is 22.5 Å². The van der Waals surface area contributed by atoms with Gasteiger partial charge < -0.3 is 33.0 Å². The van der Waals surface area contributed by atoms with E-state index in [-0.39, 0.29) is 30.4 Å². The van der Waals surface area contributed by atoms with Crippen LogP contribution in [0.15, 0.2) is 60.9 Å². The van der Waals surface area contributed by atoms with E-state index in [2.05, 4.69) is 0 Å². The molecule has 1 N–H and O–H groups in total. The van der Waals surface area contributed by atoms with Gasteiger partial charge in [0.15, 0.2) is 34.4 Å². The third-order valence-corrected chi connectivity index (χ3v) is 11.4. The summed E-state index contributed by atoms with van der Waals surface area (Å²) < 4.78 is 103. The first-order valence-corrected chi connectivity index (χ1v) is 19.1. The first-order valence-electron chi connectivity index (χ1n) is 15.9. The topological polar surface area (TPSA) is 193 Å². The number of ether oxygens (including phenoxy) is 6. The number of aromatic nitrogens is 2. The summed E-state index contributed by atoms with van der Waals surface area (Å²) in [5.41, 5.74) is 2.46. The van der Waals surface area contributed by atoms with Crippen LogP contribution >= 0.6 is 0 Å². The van der Waals surface area contributed by atoms with Crippen molar-refractivity contribution in [2.24, 2.45) is 5.41 Å². The molecule has 3 heterocycles. The van der Waals surface area contributed by atoms with Gasteiger partial charge in [0.25, 0.3) is 10.1 Å². The van der Waals surface area contributed by atoms with Crippen molar-refractivity contribution in [3.05, 3.63) is 60.9 Å². The molecule has 1 aliphatic heterocycles. The predicted molar refractivity (Wildman–Crippen MR) is 192 cm³/mol. The molecule has 1 aliphatic rings. The van der Waals surface area contributed by atoms with Crippen molar-refractivity contribution in [2.45, 2.75) is 12.8 Å². The zero-order valence-corrected chi connectivity index (χ0v) is 31.2. The number of pyridine rings is 2. The molecule has 5 rings (SSSR count). The molecule has 0 aliphatic carbocycles. The van der Waals surface area contributed by atoms with Gasteiger partial charge in [0.05, 0.1) is 95.4 Å². The van der Waals surface area contributed by atoms with Crippen molar-refractivity contribution < 1.29 is 54.4 Å². The van der Waals surface area contributed by atoms with Crippen LogP contribution in [0, 0.1) is 5.41 Å². The highest BCUT2D eigenvalue weighted by atomic mass is 32.2. The third-order valence-electron chi connectivity index (χ3n) is 9.42. The number of rotatable bonds is 14. The molecule has 0 saturated carbocycles.